The van der Waals surface area contributed by atoms with Crippen molar-refractivity contribution in [3.05, 3.63) is 78.0 Å². The maximum absolute atomic E-state index is 4.70. The Morgan fingerprint density at radius 3 is 2.20 bits per heavy atom. The fraction of sp³-hybridized carbons (Fsp3) is 0.292. The van der Waals surface area contributed by atoms with Crippen LogP contribution in [0.2, 0.25) is 0 Å². The summed E-state index contributed by atoms with van der Waals surface area (Å²) in [6, 6.07) is 21.6. The highest BCUT2D eigenvalue weighted by molar-refractivity contribution is 5.73. The first-order chi connectivity index (χ1) is 11.9. The summed E-state index contributed by atoms with van der Waals surface area (Å²) < 4.78 is 0. The van der Waals surface area contributed by atoms with E-state index >= 15 is 0 Å². The van der Waals surface area contributed by atoms with Crippen LogP contribution in [0.1, 0.15) is 44.7 Å². The molecule has 1 unspecified atom stereocenters. The third-order valence-corrected chi connectivity index (χ3v) is 5.17. The minimum atomic E-state index is 0.245. The molecule has 1 aromatic heterocycles. The van der Waals surface area contributed by atoms with Crippen molar-refractivity contribution in [2.24, 2.45) is 5.41 Å². The zero-order chi connectivity index (χ0) is 18.0. The first-order valence-electron chi connectivity index (χ1n) is 8.98. The normalized spacial score (nSPS) is 12.8. The summed E-state index contributed by atoms with van der Waals surface area (Å²) in [5, 5.41) is 0. The number of hydrogen-bond donors (Lipinski definition) is 0. The number of pyridine rings is 1. The van der Waals surface area contributed by atoms with Gasteiger partial charge in [-0.2, -0.15) is 0 Å². The van der Waals surface area contributed by atoms with E-state index in [2.05, 4.69) is 95.3 Å². The SMILES string of the molecule is Cc1cnc(-c2cccc(C(C)C(C)(C)C)c2)cc1-c1ccccc1. The number of benzene rings is 2. The highest BCUT2D eigenvalue weighted by Crippen LogP contribution is 2.36. The lowest BCUT2D eigenvalue weighted by Gasteiger charge is -2.28. The average molecular weight is 329 g/mol. The Balaban J connectivity index is 2.03. The highest BCUT2D eigenvalue weighted by Gasteiger charge is 2.21. The Kier molecular flexibility index (Phi) is 4.76. The van der Waals surface area contributed by atoms with Gasteiger partial charge >= 0.3 is 0 Å². The Bertz CT molecular complexity index is 857. The molecular formula is C24H27N. The van der Waals surface area contributed by atoms with Gasteiger partial charge < -0.3 is 0 Å². The first-order valence-corrected chi connectivity index (χ1v) is 8.98. The lowest BCUT2D eigenvalue weighted by Crippen LogP contribution is -2.15. The van der Waals surface area contributed by atoms with E-state index in [-0.39, 0.29) is 5.41 Å². The number of aryl methyl sites for hydroxylation is 1. The van der Waals surface area contributed by atoms with E-state index in [4.69, 9.17) is 4.98 Å². The summed E-state index contributed by atoms with van der Waals surface area (Å²) in [6.07, 6.45) is 1.98. The standard InChI is InChI=1S/C24H27N/c1-17-16-25-23(15-22(17)19-10-7-6-8-11-19)21-13-9-12-20(14-21)18(2)24(3,4)5/h6-16,18H,1-5H3. The van der Waals surface area contributed by atoms with Crippen LogP contribution in [-0.4, -0.2) is 4.98 Å². The molecule has 25 heavy (non-hydrogen) atoms. The van der Waals surface area contributed by atoms with Crippen molar-refractivity contribution >= 4 is 0 Å². The number of rotatable bonds is 3. The predicted octanol–water partition coefficient (Wildman–Crippen LogP) is 6.87. The maximum atomic E-state index is 4.70. The van der Waals surface area contributed by atoms with Gasteiger partial charge in [0.1, 0.15) is 0 Å². The van der Waals surface area contributed by atoms with Crippen LogP contribution in [-0.2, 0) is 0 Å². The molecule has 0 bridgehead atoms. The van der Waals surface area contributed by atoms with Crippen molar-refractivity contribution in [2.75, 3.05) is 0 Å². The van der Waals surface area contributed by atoms with E-state index in [1.54, 1.807) is 0 Å². The van der Waals surface area contributed by atoms with Gasteiger partial charge in [0, 0.05) is 11.8 Å². The second kappa shape index (κ2) is 6.84. The summed E-state index contributed by atoms with van der Waals surface area (Å²) in [5.41, 5.74) is 7.53. The number of hydrogen-bond acceptors (Lipinski definition) is 1. The van der Waals surface area contributed by atoms with E-state index in [0.29, 0.717) is 5.92 Å². The molecular weight excluding hydrogens is 302 g/mol. The summed E-state index contributed by atoms with van der Waals surface area (Å²) in [7, 11) is 0. The predicted molar refractivity (Wildman–Crippen MR) is 108 cm³/mol. The summed E-state index contributed by atoms with van der Waals surface area (Å²) >= 11 is 0. The van der Waals surface area contributed by atoms with Gasteiger partial charge in [-0.05, 0) is 52.6 Å². The minimum absolute atomic E-state index is 0.245. The van der Waals surface area contributed by atoms with Crippen LogP contribution in [0.25, 0.3) is 22.4 Å². The Labute approximate surface area is 151 Å². The van der Waals surface area contributed by atoms with Crippen LogP contribution in [0, 0.1) is 12.3 Å². The van der Waals surface area contributed by atoms with Gasteiger partial charge in [0.05, 0.1) is 5.69 Å². The third-order valence-electron chi connectivity index (χ3n) is 5.17. The molecule has 0 aliphatic carbocycles. The molecule has 0 radical (unpaired) electrons. The van der Waals surface area contributed by atoms with Gasteiger partial charge in [0.2, 0.25) is 0 Å². The second-order valence-corrected chi connectivity index (χ2v) is 7.96. The molecule has 128 valence electrons. The van der Waals surface area contributed by atoms with Crippen LogP contribution in [0.5, 0.6) is 0 Å². The summed E-state index contributed by atoms with van der Waals surface area (Å²) in [4.78, 5) is 4.70. The molecule has 1 heteroatoms. The average Bonchev–Trinajstić information content (AvgIpc) is 2.61. The van der Waals surface area contributed by atoms with Crippen molar-refractivity contribution in [2.45, 2.75) is 40.5 Å². The molecule has 0 saturated heterocycles. The van der Waals surface area contributed by atoms with Gasteiger partial charge in [0.25, 0.3) is 0 Å². The second-order valence-electron chi connectivity index (χ2n) is 7.96. The molecule has 1 nitrogen and oxygen atoms in total. The highest BCUT2D eigenvalue weighted by atomic mass is 14.7. The van der Waals surface area contributed by atoms with Crippen LogP contribution >= 0.6 is 0 Å². The quantitative estimate of drug-likeness (QED) is 0.510. The smallest absolute Gasteiger partial charge is 0.0708 e. The van der Waals surface area contributed by atoms with Crippen molar-refractivity contribution in [1.82, 2.24) is 4.98 Å². The maximum Gasteiger partial charge on any atom is 0.0708 e. The molecule has 1 heterocycles. The number of aromatic nitrogens is 1. The molecule has 2 aromatic carbocycles. The number of nitrogens with zero attached hydrogens (tertiary/aromatic N) is 1. The zero-order valence-electron chi connectivity index (χ0n) is 15.9. The minimum Gasteiger partial charge on any atom is -0.256 e. The van der Waals surface area contributed by atoms with Crippen molar-refractivity contribution < 1.29 is 0 Å². The summed E-state index contributed by atoms with van der Waals surface area (Å²) in [6.45, 7) is 11.3. The van der Waals surface area contributed by atoms with Gasteiger partial charge in [-0.3, -0.25) is 4.98 Å². The van der Waals surface area contributed by atoms with E-state index < -0.39 is 0 Å². The van der Waals surface area contributed by atoms with Gasteiger partial charge in [0.15, 0.2) is 0 Å². The fourth-order valence-electron chi connectivity index (χ4n) is 3.08. The molecule has 0 amide bonds. The Hall–Kier alpha value is -2.41. The van der Waals surface area contributed by atoms with E-state index in [1.165, 1.54) is 27.8 Å². The lowest BCUT2D eigenvalue weighted by atomic mass is 9.77. The van der Waals surface area contributed by atoms with E-state index in [9.17, 15) is 0 Å². The molecule has 0 fully saturated rings. The van der Waals surface area contributed by atoms with Crippen LogP contribution < -0.4 is 0 Å². The van der Waals surface area contributed by atoms with Crippen LogP contribution in [0.15, 0.2) is 66.9 Å². The van der Waals surface area contributed by atoms with E-state index in [1.807, 2.05) is 6.20 Å². The zero-order valence-corrected chi connectivity index (χ0v) is 15.9. The van der Waals surface area contributed by atoms with Crippen LogP contribution in [0.4, 0.5) is 0 Å². The van der Waals surface area contributed by atoms with Crippen molar-refractivity contribution in [3.63, 3.8) is 0 Å². The van der Waals surface area contributed by atoms with Crippen LogP contribution in [0.3, 0.4) is 0 Å². The molecule has 1 atom stereocenters. The molecule has 3 aromatic rings. The molecule has 3 rings (SSSR count). The van der Waals surface area contributed by atoms with Gasteiger partial charge in [-0.25, -0.2) is 0 Å². The van der Waals surface area contributed by atoms with Crippen molar-refractivity contribution in [3.8, 4) is 22.4 Å². The van der Waals surface area contributed by atoms with E-state index in [0.717, 1.165) is 5.69 Å². The fourth-order valence-corrected chi connectivity index (χ4v) is 3.08. The molecule has 0 spiro atoms. The summed E-state index contributed by atoms with van der Waals surface area (Å²) in [5.74, 6) is 0.492. The molecule has 0 aliphatic rings. The molecule has 0 N–H and O–H groups in total. The van der Waals surface area contributed by atoms with Gasteiger partial charge in [-0.15, -0.1) is 0 Å². The van der Waals surface area contributed by atoms with Crippen molar-refractivity contribution in [1.29, 1.82) is 0 Å². The topological polar surface area (TPSA) is 12.9 Å². The Morgan fingerprint density at radius 1 is 0.840 bits per heavy atom. The lowest BCUT2D eigenvalue weighted by molar-refractivity contribution is 0.339. The van der Waals surface area contributed by atoms with Gasteiger partial charge in [-0.1, -0.05) is 76.2 Å². The monoisotopic (exact) mass is 329 g/mol. The Morgan fingerprint density at radius 2 is 1.52 bits per heavy atom. The largest absolute Gasteiger partial charge is 0.256 e. The third kappa shape index (κ3) is 3.82. The molecule has 0 aliphatic heterocycles. The first kappa shape index (κ1) is 17.4. The molecule has 0 saturated carbocycles.